The fraction of sp³-hybridized carbons (Fsp3) is 0.833. The number of hydrogen-bond donors (Lipinski definition) is 5. The lowest BCUT2D eigenvalue weighted by molar-refractivity contribution is -0.123. The maximum Gasteiger partial charge on any atom is 0.407 e. The summed E-state index contributed by atoms with van der Waals surface area (Å²) in [5.41, 5.74) is -1.35. The highest BCUT2D eigenvalue weighted by Gasteiger charge is 2.24. The number of carbonyl (C=O) groups excluding carboxylic acids is 4. The van der Waals surface area contributed by atoms with E-state index in [0.29, 0.717) is 6.42 Å². The Labute approximate surface area is 209 Å². The summed E-state index contributed by atoms with van der Waals surface area (Å²) in [6.45, 7) is 12.8. The molecule has 0 saturated heterocycles. The van der Waals surface area contributed by atoms with Gasteiger partial charge in [0.05, 0.1) is 6.10 Å². The van der Waals surface area contributed by atoms with E-state index in [1.54, 1.807) is 41.5 Å². The Kier molecular flexibility index (Phi) is 15.0. The number of aliphatic hydroxyl groups excluding tert-OH is 1. The third-order valence-corrected chi connectivity index (χ3v) is 4.37. The van der Waals surface area contributed by atoms with Crippen molar-refractivity contribution in [1.82, 2.24) is 21.3 Å². The fourth-order valence-corrected chi connectivity index (χ4v) is 2.91. The average molecular weight is 503 g/mol. The molecule has 0 rings (SSSR count). The van der Waals surface area contributed by atoms with Crippen LogP contribution >= 0.6 is 0 Å². The number of nitrogens with one attached hydrogen (secondary N) is 4. The molecular formula is C24H46N4O7. The maximum absolute atomic E-state index is 12.4. The molecule has 0 aromatic carbocycles. The highest BCUT2D eigenvalue weighted by atomic mass is 16.6. The highest BCUT2D eigenvalue weighted by Crippen LogP contribution is 2.10. The molecule has 0 heterocycles. The molecule has 11 nitrogen and oxygen atoms in total. The lowest BCUT2D eigenvalue weighted by Crippen LogP contribution is -2.45. The largest absolute Gasteiger partial charge is 0.444 e. The lowest BCUT2D eigenvalue weighted by Gasteiger charge is -2.25. The van der Waals surface area contributed by atoms with Crippen molar-refractivity contribution < 1.29 is 33.8 Å². The quantitative estimate of drug-likeness (QED) is 0.228. The number of alkyl carbamates (subject to hydrolysis) is 2. The van der Waals surface area contributed by atoms with Crippen molar-refractivity contribution in [2.45, 2.75) is 110 Å². The van der Waals surface area contributed by atoms with Gasteiger partial charge in [0.1, 0.15) is 11.2 Å². The van der Waals surface area contributed by atoms with Gasteiger partial charge in [-0.3, -0.25) is 9.59 Å². The summed E-state index contributed by atoms with van der Waals surface area (Å²) in [6, 6.07) is -0.726. The number of hydrogen-bond acceptors (Lipinski definition) is 7. The number of rotatable bonds is 14. The first-order valence-corrected chi connectivity index (χ1v) is 12.3. The molecule has 2 atom stereocenters. The third kappa shape index (κ3) is 20.5. The van der Waals surface area contributed by atoms with E-state index in [1.807, 2.05) is 6.92 Å². The van der Waals surface area contributed by atoms with Crippen molar-refractivity contribution >= 4 is 24.0 Å². The van der Waals surface area contributed by atoms with E-state index in [0.717, 1.165) is 19.3 Å². The van der Waals surface area contributed by atoms with Gasteiger partial charge in [0.2, 0.25) is 11.8 Å². The number of carbonyl (C=O) groups is 4. The van der Waals surface area contributed by atoms with Crippen molar-refractivity contribution in [2.24, 2.45) is 0 Å². The van der Waals surface area contributed by atoms with Crippen molar-refractivity contribution in [3.05, 3.63) is 0 Å². The molecule has 204 valence electrons. The molecule has 35 heavy (non-hydrogen) atoms. The van der Waals surface area contributed by atoms with E-state index in [2.05, 4.69) is 21.3 Å². The monoisotopic (exact) mass is 502 g/mol. The molecule has 0 aliphatic rings. The minimum Gasteiger partial charge on any atom is -0.444 e. The maximum atomic E-state index is 12.4. The van der Waals surface area contributed by atoms with E-state index in [-0.39, 0.29) is 44.3 Å². The minimum absolute atomic E-state index is 0.0128. The molecule has 5 N–H and O–H groups in total. The summed E-state index contributed by atoms with van der Waals surface area (Å²) in [6.07, 6.45) is 0.795. The van der Waals surface area contributed by atoms with Crippen LogP contribution < -0.4 is 21.3 Å². The number of aliphatic hydroxyl groups is 1. The van der Waals surface area contributed by atoms with Gasteiger partial charge in [-0.05, 0) is 54.4 Å². The normalized spacial score (nSPS) is 13.3. The summed E-state index contributed by atoms with van der Waals surface area (Å²) < 4.78 is 10.4. The molecule has 0 aromatic rings. The van der Waals surface area contributed by atoms with E-state index in [1.165, 1.54) is 0 Å². The van der Waals surface area contributed by atoms with Gasteiger partial charge in [-0.2, -0.15) is 0 Å². The third-order valence-electron chi connectivity index (χ3n) is 4.37. The van der Waals surface area contributed by atoms with Gasteiger partial charge in [-0.1, -0.05) is 19.8 Å². The van der Waals surface area contributed by atoms with Crippen LogP contribution in [0.1, 0.15) is 87.0 Å². The molecule has 0 aliphatic heterocycles. The molecule has 0 aliphatic carbocycles. The average Bonchev–Trinajstić information content (AvgIpc) is 2.67. The second-order valence-corrected chi connectivity index (χ2v) is 10.5. The lowest BCUT2D eigenvalue weighted by atomic mass is 10.1. The van der Waals surface area contributed by atoms with Crippen LogP contribution in [0.3, 0.4) is 0 Å². The number of amides is 4. The van der Waals surface area contributed by atoms with Gasteiger partial charge in [0.15, 0.2) is 0 Å². The second-order valence-electron chi connectivity index (χ2n) is 10.5. The van der Waals surface area contributed by atoms with Crippen molar-refractivity contribution in [2.75, 3.05) is 19.6 Å². The number of ether oxygens (including phenoxy) is 2. The molecule has 0 radical (unpaired) electrons. The zero-order valence-corrected chi connectivity index (χ0v) is 22.4. The van der Waals surface area contributed by atoms with Crippen LogP contribution in [0.2, 0.25) is 0 Å². The molecule has 11 heteroatoms. The van der Waals surface area contributed by atoms with Crippen LogP contribution in [0.25, 0.3) is 0 Å². The van der Waals surface area contributed by atoms with Crippen LogP contribution in [0, 0.1) is 0 Å². The standard InChI is InChI=1S/C24H46N4O7/c1-8-9-10-11-19(30)27-16-18(29)14-17(28-22(33)35-24(5,6)7)15-20(31)25-12-13-26-21(32)34-23(2,3)4/h17-18,29H,8-16H2,1-7H3,(H,25,31)(H,26,32)(H,27,30)(H,28,33)/t17-,18-/m1/s1. The minimum atomic E-state index is -0.966. The summed E-state index contributed by atoms with van der Waals surface area (Å²) in [4.78, 5) is 48.1. The van der Waals surface area contributed by atoms with Crippen LogP contribution in [0.15, 0.2) is 0 Å². The van der Waals surface area contributed by atoms with Crippen LogP contribution in [0.4, 0.5) is 9.59 Å². The predicted molar refractivity (Wildman–Crippen MR) is 133 cm³/mol. The van der Waals surface area contributed by atoms with E-state index < -0.39 is 35.5 Å². The van der Waals surface area contributed by atoms with Gasteiger partial charge < -0.3 is 35.8 Å². The van der Waals surface area contributed by atoms with Crippen LogP contribution in [-0.4, -0.2) is 72.1 Å². The summed E-state index contributed by atoms with van der Waals surface area (Å²) in [5, 5.41) is 20.8. The van der Waals surface area contributed by atoms with Gasteiger partial charge in [-0.15, -0.1) is 0 Å². The van der Waals surface area contributed by atoms with Crippen LogP contribution in [0.5, 0.6) is 0 Å². The Morgan fingerprint density at radius 1 is 0.800 bits per heavy atom. The molecule has 0 aromatic heterocycles. The van der Waals surface area contributed by atoms with Gasteiger partial charge >= 0.3 is 12.2 Å². The summed E-state index contributed by atoms with van der Waals surface area (Å²) >= 11 is 0. The topological polar surface area (TPSA) is 155 Å². The van der Waals surface area contributed by atoms with E-state index in [9.17, 15) is 24.3 Å². The first-order valence-electron chi connectivity index (χ1n) is 12.3. The van der Waals surface area contributed by atoms with Crippen molar-refractivity contribution in [3.63, 3.8) is 0 Å². The second kappa shape index (κ2) is 16.2. The Bertz CT molecular complexity index is 672. The zero-order chi connectivity index (χ0) is 27.1. The van der Waals surface area contributed by atoms with Gasteiger partial charge in [0, 0.05) is 38.5 Å². The molecule has 0 bridgehead atoms. The molecule has 4 amide bonds. The Morgan fingerprint density at radius 2 is 1.37 bits per heavy atom. The zero-order valence-electron chi connectivity index (χ0n) is 22.4. The molecule has 0 fully saturated rings. The van der Waals surface area contributed by atoms with E-state index >= 15 is 0 Å². The van der Waals surface area contributed by atoms with Gasteiger partial charge in [-0.25, -0.2) is 9.59 Å². The first-order chi connectivity index (χ1) is 16.1. The van der Waals surface area contributed by atoms with Crippen molar-refractivity contribution in [3.8, 4) is 0 Å². The molecule has 0 spiro atoms. The smallest absolute Gasteiger partial charge is 0.407 e. The summed E-state index contributed by atoms with van der Waals surface area (Å²) in [7, 11) is 0. The Hall–Kier alpha value is -2.56. The fourth-order valence-electron chi connectivity index (χ4n) is 2.91. The molecular weight excluding hydrogens is 456 g/mol. The Balaban J connectivity index is 4.70. The molecule has 0 unspecified atom stereocenters. The number of unbranched alkanes of at least 4 members (excludes halogenated alkanes) is 2. The van der Waals surface area contributed by atoms with Crippen molar-refractivity contribution in [1.29, 1.82) is 0 Å². The molecule has 0 saturated carbocycles. The SMILES string of the molecule is CCCCCC(=O)NC[C@H](O)C[C@H](CC(=O)NCCNC(=O)OC(C)(C)C)NC(=O)OC(C)(C)C. The van der Waals surface area contributed by atoms with Gasteiger partial charge in [0.25, 0.3) is 0 Å². The van der Waals surface area contributed by atoms with Crippen LogP contribution in [-0.2, 0) is 19.1 Å². The highest BCUT2D eigenvalue weighted by molar-refractivity contribution is 5.78. The summed E-state index contributed by atoms with van der Waals surface area (Å²) in [5.74, 6) is -0.530. The Morgan fingerprint density at radius 3 is 1.94 bits per heavy atom. The first kappa shape index (κ1) is 32.4. The predicted octanol–water partition coefficient (Wildman–Crippen LogP) is 2.36. The van der Waals surface area contributed by atoms with E-state index in [4.69, 9.17) is 9.47 Å².